The van der Waals surface area contributed by atoms with Crippen molar-refractivity contribution in [3.8, 4) is 5.75 Å². The van der Waals surface area contributed by atoms with E-state index in [-0.39, 0.29) is 18.4 Å². The van der Waals surface area contributed by atoms with Gasteiger partial charge in [-0.1, -0.05) is 0 Å². The number of carbonyl (C=O) groups excluding carboxylic acids is 2. The van der Waals surface area contributed by atoms with E-state index < -0.39 is 6.04 Å². The number of rotatable bonds is 5. The average molecular weight is 533 g/mol. The molecule has 27 heavy (non-hydrogen) atoms. The SMILES string of the molecule is CN1C(=O)C(NC(=O)[C](=[W])C=CCc2ccccc2)COc2cccnc21. The van der Waals surface area contributed by atoms with Crippen molar-refractivity contribution in [1.29, 1.82) is 0 Å². The van der Waals surface area contributed by atoms with E-state index in [1.54, 1.807) is 31.5 Å². The van der Waals surface area contributed by atoms with E-state index in [0.29, 0.717) is 15.5 Å². The van der Waals surface area contributed by atoms with Crippen LogP contribution in [0.15, 0.2) is 60.8 Å². The van der Waals surface area contributed by atoms with Crippen molar-refractivity contribution in [2.24, 2.45) is 0 Å². The summed E-state index contributed by atoms with van der Waals surface area (Å²) in [7, 11) is 1.63. The Balaban J connectivity index is 1.60. The molecule has 0 bridgehead atoms. The van der Waals surface area contributed by atoms with E-state index in [1.165, 1.54) is 10.5 Å². The first kappa shape index (κ1) is 19.2. The van der Waals surface area contributed by atoms with Gasteiger partial charge in [0.1, 0.15) is 0 Å². The number of nitrogens with zero attached hydrogens (tertiary/aromatic N) is 2. The summed E-state index contributed by atoms with van der Waals surface area (Å²) in [5, 5.41) is 2.77. The van der Waals surface area contributed by atoms with Crippen LogP contribution in [0.25, 0.3) is 0 Å². The van der Waals surface area contributed by atoms with Gasteiger partial charge < -0.3 is 0 Å². The molecule has 0 radical (unpaired) electrons. The van der Waals surface area contributed by atoms with Crippen molar-refractivity contribution in [1.82, 2.24) is 10.3 Å². The predicted octanol–water partition coefficient (Wildman–Crippen LogP) is 1.44. The molecule has 2 heterocycles. The number of benzene rings is 1. The summed E-state index contributed by atoms with van der Waals surface area (Å²) in [6, 6.07) is 12.8. The van der Waals surface area contributed by atoms with Gasteiger partial charge in [-0.25, -0.2) is 0 Å². The molecule has 1 aliphatic heterocycles. The maximum atomic E-state index is 12.6. The molecule has 0 saturated carbocycles. The first-order valence-electron chi connectivity index (χ1n) is 8.47. The zero-order chi connectivity index (χ0) is 19.2. The quantitative estimate of drug-likeness (QED) is 0.632. The number of nitrogens with one attached hydrogen (secondary N) is 1. The molecule has 6 nitrogen and oxygen atoms in total. The predicted molar refractivity (Wildman–Crippen MR) is 99.4 cm³/mol. The number of likely N-dealkylation sites (N-methyl/N-ethyl adjacent to an activating group) is 1. The van der Waals surface area contributed by atoms with Gasteiger partial charge in [-0.05, 0) is 0 Å². The number of ether oxygens (including phenoxy) is 1. The number of fused-ring (bicyclic) bond motifs is 1. The summed E-state index contributed by atoms with van der Waals surface area (Å²) in [5.41, 5.74) is 1.18. The second-order valence-electron chi connectivity index (χ2n) is 6.02. The molecule has 0 fully saturated rings. The maximum absolute atomic E-state index is 12.6. The zero-order valence-corrected chi connectivity index (χ0v) is 17.7. The molecule has 1 unspecified atom stereocenters. The number of anilines is 1. The van der Waals surface area contributed by atoms with E-state index in [2.05, 4.69) is 10.3 Å². The van der Waals surface area contributed by atoms with E-state index in [0.717, 1.165) is 25.8 Å². The molecular formula is C20H19N3O3W. The van der Waals surface area contributed by atoms with Crippen LogP contribution in [0.5, 0.6) is 5.75 Å². The molecule has 2 aromatic rings. The number of allylic oxidation sites excluding steroid dienone is 1. The van der Waals surface area contributed by atoms with Gasteiger partial charge in [0.15, 0.2) is 0 Å². The molecule has 2 amide bonds. The number of carbonyl (C=O) groups is 2. The first-order valence-corrected chi connectivity index (χ1v) is 9.93. The molecule has 0 spiro atoms. The summed E-state index contributed by atoms with van der Waals surface area (Å²) < 4.78 is 6.27. The Labute approximate surface area is 168 Å². The number of hydrogen-bond acceptors (Lipinski definition) is 4. The molecule has 1 aromatic carbocycles. The van der Waals surface area contributed by atoms with Gasteiger partial charge in [-0.15, -0.1) is 0 Å². The third-order valence-electron chi connectivity index (χ3n) is 4.10. The molecule has 138 valence electrons. The normalized spacial score (nSPS) is 16.4. The Morgan fingerprint density at radius 2 is 2.11 bits per heavy atom. The monoisotopic (exact) mass is 533 g/mol. The second-order valence-corrected chi connectivity index (χ2v) is 7.60. The van der Waals surface area contributed by atoms with Gasteiger partial charge in [0, 0.05) is 0 Å². The Morgan fingerprint density at radius 3 is 2.89 bits per heavy atom. The van der Waals surface area contributed by atoms with Gasteiger partial charge in [0.2, 0.25) is 0 Å². The molecule has 1 aromatic heterocycles. The summed E-state index contributed by atoms with van der Waals surface area (Å²) in [6.07, 6.45) is 6.11. The summed E-state index contributed by atoms with van der Waals surface area (Å²) in [5.74, 6) is 0.466. The summed E-state index contributed by atoms with van der Waals surface area (Å²) >= 11 is 1.03. The number of hydrogen-bond donors (Lipinski definition) is 1. The van der Waals surface area contributed by atoms with Gasteiger partial charge in [-0.2, -0.15) is 0 Å². The zero-order valence-electron chi connectivity index (χ0n) is 14.8. The molecular weight excluding hydrogens is 514 g/mol. The Hall–Kier alpha value is -2.59. The summed E-state index contributed by atoms with van der Waals surface area (Å²) in [6.45, 7) is 0.0734. The van der Waals surface area contributed by atoms with Gasteiger partial charge in [0.25, 0.3) is 0 Å². The van der Waals surface area contributed by atoms with Crippen LogP contribution < -0.4 is 15.0 Å². The minimum absolute atomic E-state index is 0.0734. The number of aromatic nitrogens is 1. The van der Waals surface area contributed by atoms with E-state index in [1.807, 2.05) is 36.4 Å². The van der Waals surface area contributed by atoms with Gasteiger partial charge in [-0.3, -0.25) is 0 Å². The van der Waals surface area contributed by atoms with Crippen LogP contribution in [0.3, 0.4) is 0 Å². The van der Waals surface area contributed by atoms with Gasteiger partial charge >= 0.3 is 169 Å². The summed E-state index contributed by atoms with van der Waals surface area (Å²) in [4.78, 5) is 30.7. The number of amides is 2. The van der Waals surface area contributed by atoms with Crippen LogP contribution in [0, 0.1) is 0 Å². The third-order valence-corrected chi connectivity index (χ3v) is 5.25. The molecule has 1 aliphatic rings. The number of pyridine rings is 1. The fraction of sp³-hybridized carbons (Fsp3) is 0.200. The molecule has 7 heteroatoms. The average Bonchev–Trinajstić information content (AvgIpc) is 2.81. The van der Waals surface area contributed by atoms with Crippen molar-refractivity contribution in [3.05, 3.63) is 66.4 Å². The van der Waals surface area contributed by atoms with Crippen LogP contribution in [0.1, 0.15) is 5.56 Å². The third kappa shape index (κ3) is 4.77. The fourth-order valence-electron chi connectivity index (χ4n) is 2.65. The fourth-order valence-corrected chi connectivity index (χ4v) is 3.21. The topological polar surface area (TPSA) is 71.5 Å². The van der Waals surface area contributed by atoms with Crippen LogP contribution in [0.4, 0.5) is 5.82 Å². The molecule has 0 saturated heterocycles. The van der Waals surface area contributed by atoms with E-state index >= 15 is 0 Å². The molecule has 0 aliphatic carbocycles. The van der Waals surface area contributed by atoms with Crippen LogP contribution >= 0.6 is 0 Å². The second kappa shape index (κ2) is 8.87. The Kier molecular flexibility index (Phi) is 6.30. The van der Waals surface area contributed by atoms with E-state index in [9.17, 15) is 9.59 Å². The Bertz CT molecular complexity index is 883. The van der Waals surface area contributed by atoms with Crippen LogP contribution in [-0.4, -0.2) is 40.4 Å². The molecule has 1 atom stereocenters. The van der Waals surface area contributed by atoms with Crippen molar-refractivity contribution in [3.63, 3.8) is 0 Å². The van der Waals surface area contributed by atoms with Crippen molar-refractivity contribution >= 4 is 21.5 Å². The van der Waals surface area contributed by atoms with Crippen LogP contribution in [-0.2, 0) is 35.4 Å². The van der Waals surface area contributed by atoms with Crippen molar-refractivity contribution in [2.45, 2.75) is 12.5 Å². The molecule has 3 rings (SSSR count). The van der Waals surface area contributed by atoms with Crippen LogP contribution in [0.2, 0.25) is 0 Å². The standard InChI is InChI=1S/C20H19N3O3.W/c1-23-19-17(11-7-13-21-19)26-14-16(20(23)25)22-18(24)12-6-5-10-15-8-3-2-4-9-15;/h2-9,11,13,16H,10,14H2,1H3,(H,22,24);. The minimum atomic E-state index is -0.756. The van der Waals surface area contributed by atoms with E-state index in [4.69, 9.17) is 4.74 Å². The van der Waals surface area contributed by atoms with Crippen molar-refractivity contribution in [2.75, 3.05) is 18.6 Å². The molecule has 1 N–H and O–H groups in total. The first-order chi connectivity index (χ1) is 13.1. The Morgan fingerprint density at radius 1 is 1.33 bits per heavy atom. The van der Waals surface area contributed by atoms with Crippen molar-refractivity contribution < 1.29 is 33.7 Å². The van der Waals surface area contributed by atoms with Gasteiger partial charge in [0.05, 0.1) is 0 Å².